The van der Waals surface area contributed by atoms with E-state index >= 15 is 0 Å². The molecule has 0 spiro atoms. The topological polar surface area (TPSA) is 53.9 Å². The summed E-state index contributed by atoms with van der Waals surface area (Å²) in [5.74, 6) is 0.474. The highest BCUT2D eigenvalue weighted by Crippen LogP contribution is 2.45. The molecule has 2 N–H and O–H groups in total. The number of hydrogen-bond donors (Lipinski definition) is 2. The first-order valence-corrected chi connectivity index (χ1v) is 9.48. The van der Waals surface area contributed by atoms with E-state index in [1.807, 2.05) is 0 Å². The molecule has 0 amide bonds. The predicted octanol–water partition coefficient (Wildman–Crippen LogP) is 3.75. The Balaban J connectivity index is 1.68. The standard InChI is InChI=1S/C18H23F3N2O2S/c1-11(12-7-9-25-10-8-12)22-16-23-15(24)17(2,26-16)13-3-5-14(6-4-13)18(19,20)21/h3-6,11-12,15,24H,7-10H2,1-2H3,(H,22,23). The Morgan fingerprint density at radius 2 is 1.88 bits per heavy atom. The minimum atomic E-state index is -4.37. The van der Waals surface area contributed by atoms with Crippen LogP contribution in [0.3, 0.4) is 0 Å². The summed E-state index contributed by atoms with van der Waals surface area (Å²) < 4.78 is 42.8. The number of alkyl halides is 3. The van der Waals surface area contributed by atoms with Crippen molar-refractivity contribution in [2.75, 3.05) is 13.2 Å². The number of ether oxygens (including phenoxy) is 1. The van der Waals surface area contributed by atoms with Crippen molar-refractivity contribution in [3.8, 4) is 0 Å². The molecule has 8 heteroatoms. The van der Waals surface area contributed by atoms with Gasteiger partial charge in [-0.2, -0.15) is 13.2 Å². The summed E-state index contributed by atoms with van der Waals surface area (Å²) in [7, 11) is 0. The number of benzene rings is 1. The van der Waals surface area contributed by atoms with E-state index < -0.39 is 22.7 Å². The number of amidine groups is 1. The van der Waals surface area contributed by atoms with Gasteiger partial charge in [0.05, 0.1) is 10.3 Å². The van der Waals surface area contributed by atoms with E-state index in [0.717, 1.165) is 38.2 Å². The summed E-state index contributed by atoms with van der Waals surface area (Å²) in [6.07, 6.45) is -3.44. The monoisotopic (exact) mass is 388 g/mol. The molecule has 0 bridgehead atoms. The molecule has 0 aromatic heterocycles. The van der Waals surface area contributed by atoms with Crippen molar-refractivity contribution < 1.29 is 23.0 Å². The second-order valence-corrected chi connectivity index (χ2v) is 8.41. The van der Waals surface area contributed by atoms with Gasteiger partial charge in [-0.3, -0.25) is 0 Å². The highest BCUT2D eigenvalue weighted by molar-refractivity contribution is 8.14. The molecule has 2 heterocycles. The Labute approximate surface area is 155 Å². The van der Waals surface area contributed by atoms with E-state index in [2.05, 4.69) is 17.2 Å². The van der Waals surface area contributed by atoms with Gasteiger partial charge in [-0.05, 0) is 50.3 Å². The average Bonchev–Trinajstić information content (AvgIpc) is 2.90. The fourth-order valence-corrected chi connectivity index (χ4v) is 4.52. The number of rotatable bonds is 3. The smallest absolute Gasteiger partial charge is 0.381 e. The lowest BCUT2D eigenvalue weighted by atomic mass is 9.93. The van der Waals surface area contributed by atoms with Crippen molar-refractivity contribution in [1.82, 2.24) is 5.32 Å². The number of hydrogen-bond acceptors (Lipinski definition) is 5. The molecule has 26 heavy (non-hydrogen) atoms. The number of thioether (sulfide) groups is 1. The van der Waals surface area contributed by atoms with Crippen molar-refractivity contribution in [2.24, 2.45) is 10.9 Å². The van der Waals surface area contributed by atoms with Crippen molar-refractivity contribution in [1.29, 1.82) is 0 Å². The van der Waals surface area contributed by atoms with Crippen LogP contribution < -0.4 is 5.32 Å². The summed E-state index contributed by atoms with van der Waals surface area (Å²) >= 11 is 1.36. The molecule has 3 rings (SSSR count). The van der Waals surface area contributed by atoms with Crippen LogP contribution in [-0.4, -0.2) is 35.8 Å². The van der Waals surface area contributed by atoms with Crippen molar-refractivity contribution in [3.05, 3.63) is 35.4 Å². The second kappa shape index (κ2) is 7.40. The zero-order valence-electron chi connectivity index (χ0n) is 14.7. The van der Waals surface area contributed by atoms with Crippen LogP contribution in [0.1, 0.15) is 37.8 Å². The summed E-state index contributed by atoms with van der Waals surface area (Å²) in [5.41, 5.74) is -0.0861. The molecule has 0 radical (unpaired) electrons. The molecule has 144 valence electrons. The summed E-state index contributed by atoms with van der Waals surface area (Å²) in [4.78, 5) is 4.29. The molecule has 0 saturated carbocycles. The summed E-state index contributed by atoms with van der Waals surface area (Å²) in [6.45, 7) is 5.38. The molecule has 1 aromatic carbocycles. The predicted molar refractivity (Wildman–Crippen MR) is 96.0 cm³/mol. The minimum absolute atomic E-state index is 0.187. The SMILES string of the molecule is CC(NC1=NC(O)C(C)(c2ccc(C(F)(F)F)cc2)S1)C1CCOCC1. The molecule has 1 aromatic rings. The molecule has 0 aliphatic carbocycles. The first kappa shape index (κ1) is 19.5. The maximum atomic E-state index is 12.8. The fourth-order valence-electron chi connectivity index (χ4n) is 3.31. The van der Waals surface area contributed by atoms with Gasteiger partial charge in [0.25, 0.3) is 0 Å². The Hall–Kier alpha value is -1.25. The molecular weight excluding hydrogens is 365 g/mol. The van der Waals surface area contributed by atoms with Crippen LogP contribution >= 0.6 is 11.8 Å². The minimum Gasteiger partial charge on any atom is -0.381 e. The molecule has 1 fully saturated rings. The molecular formula is C18H23F3N2O2S. The number of aliphatic imine (C=N–C) groups is 1. The Morgan fingerprint density at radius 1 is 1.27 bits per heavy atom. The van der Waals surface area contributed by atoms with E-state index in [4.69, 9.17) is 4.74 Å². The molecule has 4 nitrogen and oxygen atoms in total. The van der Waals surface area contributed by atoms with E-state index in [-0.39, 0.29) is 6.04 Å². The highest BCUT2D eigenvalue weighted by atomic mass is 32.2. The zero-order chi connectivity index (χ0) is 18.9. The lowest BCUT2D eigenvalue weighted by molar-refractivity contribution is -0.137. The van der Waals surface area contributed by atoms with Gasteiger partial charge in [-0.25, -0.2) is 4.99 Å². The normalized spacial score (nSPS) is 28.7. The summed E-state index contributed by atoms with van der Waals surface area (Å²) in [5, 5.41) is 14.4. The van der Waals surface area contributed by atoms with Gasteiger partial charge in [-0.15, -0.1) is 0 Å². The maximum Gasteiger partial charge on any atom is 0.416 e. The van der Waals surface area contributed by atoms with Gasteiger partial charge in [0.1, 0.15) is 0 Å². The van der Waals surface area contributed by atoms with Crippen LogP contribution in [0, 0.1) is 5.92 Å². The Kier molecular flexibility index (Phi) is 5.55. The lowest BCUT2D eigenvalue weighted by Gasteiger charge is -2.30. The van der Waals surface area contributed by atoms with Gasteiger partial charge in [0, 0.05) is 19.3 Å². The number of nitrogens with zero attached hydrogens (tertiary/aromatic N) is 1. The third kappa shape index (κ3) is 4.02. The number of aliphatic hydroxyl groups excluding tert-OH is 1. The first-order chi connectivity index (χ1) is 12.2. The van der Waals surface area contributed by atoms with Gasteiger partial charge in [0.15, 0.2) is 11.4 Å². The number of aliphatic hydroxyl groups is 1. The van der Waals surface area contributed by atoms with E-state index in [9.17, 15) is 18.3 Å². The average molecular weight is 388 g/mol. The van der Waals surface area contributed by atoms with Crippen LogP contribution in [0.5, 0.6) is 0 Å². The number of nitrogens with one attached hydrogen (secondary N) is 1. The third-order valence-corrected chi connectivity index (χ3v) is 6.44. The molecule has 3 atom stereocenters. The van der Waals surface area contributed by atoms with Crippen molar-refractivity contribution in [3.63, 3.8) is 0 Å². The van der Waals surface area contributed by atoms with Gasteiger partial charge in [-0.1, -0.05) is 23.9 Å². The van der Waals surface area contributed by atoms with Gasteiger partial charge < -0.3 is 15.2 Å². The third-order valence-electron chi connectivity index (χ3n) is 5.15. The van der Waals surface area contributed by atoms with Crippen LogP contribution in [0.2, 0.25) is 0 Å². The quantitative estimate of drug-likeness (QED) is 0.828. The van der Waals surface area contributed by atoms with Crippen LogP contribution in [0.15, 0.2) is 29.3 Å². The number of halogens is 3. The highest BCUT2D eigenvalue weighted by Gasteiger charge is 2.43. The van der Waals surface area contributed by atoms with E-state index in [1.54, 1.807) is 6.92 Å². The lowest BCUT2D eigenvalue weighted by Crippen LogP contribution is -2.39. The summed E-state index contributed by atoms with van der Waals surface area (Å²) in [6, 6.07) is 5.11. The van der Waals surface area contributed by atoms with Crippen LogP contribution in [-0.2, 0) is 15.7 Å². The van der Waals surface area contributed by atoms with Gasteiger partial charge in [0.2, 0.25) is 0 Å². The Morgan fingerprint density at radius 3 is 2.46 bits per heavy atom. The molecule has 2 aliphatic heterocycles. The molecule has 2 aliphatic rings. The largest absolute Gasteiger partial charge is 0.416 e. The first-order valence-electron chi connectivity index (χ1n) is 8.67. The Bertz CT molecular complexity index is 659. The van der Waals surface area contributed by atoms with E-state index in [1.165, 1.54) is 23.9 Å². The van der Waals surface area contributed by atoms with Crippen molar-refractivity contribution >= 4 is 16.9 Å². The maximum absolute atomic E-state index is 12.8. The van der Waals surface area contributed by atoms with Gasteiger partial charge >= 0.3 is 6.18 Å². The van der Waals surface area contributed by atoms with E-state index in [0.29, 0.717) is 16.6 Å². The fraction of sp³-hybridized carbons (Fsp3) is 0.611. The molecule has 3 unspecified atom stereocenters. The zero-order valence-corrected chi connectivity index (χ0v) is 15.5. The van der Waals surface area contributed by atoms with Crippen LogP contribution in [0.4, 0.5) is 13.2 Å². The second-order valence-electron chi connectivity index (χ2n) is 6.97. The van der Waals surface area contributed by atoms with Crippen molar-refractivity contribution in [2.45, 2.75) is 49.9 Å². The molecule has 1 saturated heterocycles. The van der Waals surface area contributed by atoms with Crippen LogP contribution in [0.25, 0.3) is 0 Å².